The molecular weight excluding hydrogens is 324 g/mol. The number of aryl methyl sites for hydroxylation is 1. The van der Waals surface area contributed by atoms with Crippen LogP contribution in [0.1, 0.15) is 30.1 Å². The van der Waals surface area contributed by atoms with Crippen molar-refractivity contribution in [1.82, 2.24) is 9.97 Å². The van der Waals surface area contributed by atoms with Crippen molar-refractivity contribution in [3.05, 3.63) is 59.9 Å². The van der Waals surface area contributed by atoms with Crippen molar-refractivity contribution in [2.45, 2.75) is 25.7 Å². The standard InChI is InChI=1S/C21H24N4O/c1-15-6-4-8-17(12-15)22-20(26)14-25-11-5-7-16(13-25)21-23-18-9-2-3-10-19(18)24-21/h2-4,6,8-10,12,16H,5,7,11,13-14H2,1H3,(H,22,26)(H,23,24)/p+1/t16-/m0/s1. The summed E-state index contributed by atoms with van der Waals surface area (Å²) >= 11 is 0. The summed E-state index contributed by atoms with van der Waals surface area (Å²) < 4.78 is 0. The molecule has 2 heterocycles. The molecule has 2 atom stereocenters. The number of amides is 1. The van der Waals surface area contributed by atoms with Crippen molar-refractivity contribution in [3.8, 4) is 0 Å². The zero-order valence-corrected chi connectivity index (χ0v) is 15.1. The third-order valence-electron chi connectivity index (χ3n) is 5.12. The van der Waals surface area contributed by atoms with Crippen LogP contribution in [0.25, 0.3) is 11.0 Å². The maximum atomic E-state index is 12.4. The van der Waals surface area contributed by atoms with E-state index >= 15 is 0 Å². The van der Waals surface area contributed by atoms with E-state index in [1.165, 1.54) is 4.90 Å². The zero-order chi connectivity index (χ0) is 17.9. The lowest BCUT2D eigenvalue weighted by Gasteiger charge is -2.28. The highest BCUT2D eigenvalue weighted by Crippen LogP contribution is 2.22. The molecular formula is C21H25N4O+. The Hall–Kier alpha value is -2.66. The van der Waals surface area contributed by atoms with E-state index in [0.717, 1.165) is 54.0 Å². The molecule has 0 spiro atoms. The fourth-order valence-corrected chi connectivity index (χ4v) is 3.87. The van der Waals surface area contributed by atoms with Crippen LogP contribution in [0.15, 0.2) is 48.5 Å². The summed E-state index contributed by atoms with van der Waals surface area (Å²) in [5, 5.41) is 3.02. The fourth-order valence-electron chi connectivity index (χ4n) is 3.87. The molecule has 1 aliphatic rings. The summed E-state index contributed by atoms with van der Waals surface area (Å²) in [6, 6.07) is 16.1. The molecule has 2 aromatic carbocycles. The van der Waals surface area contributed by atoms with Crippen LogP contribution in [0, 0.1) is 6.92 Å². The molecule has 1 amide bonds. The van der Waals surface area contributed by atoms with E-state index in [0.29, 0.717) is 12.5 Å². The minimum atomic E-state index is 0.0795. The number of piperidine rings is 1. The highest BCUT2D eigenvalue weighted by Gasteiger charge is 2.28. The van der Waals surface area contributed by atoms with Crippen molar-refractivity contribution in [1.29, 1.82) is 0 Å². The molecule has 3 N–H and O–H groups in total. The second-order valence-corrected chi connectivity index (χ2v) is 7.28. The zero-order valence-electron chi connectivity index (χ0n) is 15.1. The van der Waals surface area contributed by atoms with Crippen molar-refractivity contribution >= 4 is 22.6 Å². The molecule has 5 heteroatoms. The number of aromatic amines is 1. The Morgan fingerprint density at radius 1 is 1.27 bits per heavy atom. The monoisotopic (exact) mass is 349 g/mol. The van der Waals surface area contributed by atoms with Gasteiger partial charge < -0.3 is 15.2 Å². The van der Waals surface area contributed by atoms with E-state index in [1.54, 1.807) is 0 Å². The van der Waals surface area contributed by atoms with Gasteiger partial charge in [0.2, 0.25) is 0 Å². The summed E-state index contributed by atoms with van der Waals surface area (Å²) in [6.07, 6.45) is 2.25. The van der Waals surface area contributed by atoms with Crippen LogP contribution in [-0.2, 0) is 4.79 Å². The summed E-state index contributed by atoms with van der Waals surface area (Å²) in [5.74, 6) is 1.52. The second-order valence-electron chi connectivity index (χ2n) is 7.28. The maximum absolute atomic E-state index is 12.4. The first-order chi connectivity index (χ1) is 12.7. The van der Waals surface area contributed by atoms with Crippen molar-refractivity contribution in [2.75, 3.05) is 25.0 Å². The van der Waals surface area contributed by atoms with Gasteiger partial charge in [0.25, 0.3) is 5.91 Å². The Morgan fingerprint density at radius 2 is 2.15 bits per heavy atom. The maximum Gasteiger partial charge on any atom is 0.279 e. The predicted octanol–water partition coefficient (Wildman–Crippen LogP) is 2.27. The third kappa shape index (κ3) is 3.78. The Balaban J connectivity index is 1.39. The van der Waals surface area contributed by atoms with Crippen molar-refractivity contribution < 1.29 is 9.69 Å². The Kier molecular flexibility index (Phi) is 4.71. The van der Waals surface area contributed by atoms with Gasteiger partial charge in [0.1, 0.15) is 5.82 Å². The quantitative estimate of drug-likeness (QED) is 0.677. The van der Waals surface area contributed by atoms with Crippen molar-refractivity contribution in [3.63, 3.8) is 0 Å². The SMILES string of the molecule is Cc1cccc(NC(=O)C[NH+]2CCC[C@H](c3nc4ccccc4[nH]3)C2)c1. The smallest absolute Gasteiger partial charge is 0.279 e. The molecule has 4 rings (SSSR count). The van der Waals surface area contributed by atoms with Gasteiger partial charge in [-0.1, -0.05) is 24.3 Å². The van der Waals surface area contributed by atoms with Crippen LogP contribution in [0.3, 0.4) is 0 Å². The Labute approximate surface area is 153 Å². The van der Waals surface area contributed by atoms with Gasteiger partial charge in [0.05, 0.1) is 30.0 Å². The van der Waals surface area contributed by atoms with Gasteiger partial charge in [0, 0.05) is 5.69 Å². The molecule has 0 aliphatic carbocycles. The number of nitrogens with one attached hydrogen (secondary N) is 3. The fraction of sp³-hybridized carbons (Fsp3) is 0.333. The minimum absolute atomic E-state index is 0.0795. The van der Waals surface area contributed by atoms with E-state index in [1.807, 2.05) is 49.4 Å². The van der Waals surface area contributed by atoms with Gasteiger partial charge >= 0.3 is 0 Å². The average molecular weight is 349 g/mol. The Bertz CT molecular complexity index is 884. The van der Waals surface area contributed by atoms with Crippen molar-refractivity contribution in [2.24, 2.45) is 0 Å². The molecule has 134 valence electrons. The van der Waals surface area contributed by atoms with Gasteiger partial charge in [-0.05, 0) is 49.6 Å². The number of quaternary nitrogens is 1. The van der Waals surface area contributed by atoms with Crippen LogP contribution in [-0.4, -0.2) is 35.5 Å². The van der Waals surface area contributed by atoms with E-state index < -0.39 is 0 Å². The normalized spacial score (nSPS) is 20.2. The minimum Gasteiger partial charge on any atom is -0.342 e. The number of H-pyrrole nitrogens is 1. The topological polar surface area (TPSA) is 62.2 Å². The van der Waals surface area contributed by atoms with Gasteiger partial charge in [-0.15, -0.1) is 0 Å². The first kappa shape index (κ1) is 16.8. The average Bonchev–Trinajstić information content (AvgIpc) is 3.06. The number of carbonyl (C=O) groups is 1. The highest BCUT2D eigenvalue weighted by atomic mass is 16.2. The van der Waals surface area contributed by atoms with Crippen LogP contribution in [0.5, 0.6) is 0 Å². The number of benzene rings is 2. The molecule has 0 bridgehead atoms. The van der Waals surface area contributed by atoms with Crippen LogP contribution in [0.4, 0.5) is 5.69 Å². The molecule has 1 aliphatic heterocycles. The molecule has 26 heavy (non-hydrogen) atoms. The summed E-state index contributed by atoms with van der Waals surface area (Å²) in [6.45, 7) is 4.52. The van der Waals surface area contributed by atoms with Crippen LogP contribution < -0.4 is 10.2 Å². The van der Waals surface area contributed by atoms with Gasteiger partial charge in [-0.3, -0.25) is 4.79 Å². The van der Waals surface area contributed by atoms with E-state index in [2.05, 4.69) is 16.4 Å². The van der Waals surface area contributed by atoms with E-state index in [4.69, 9.17) is 4.98 Å². The molecule has 1 unspecified atom stereocenters. The van der Waals surface area contributed by atoms with E-state index in [-0.39, 0.29) is 5.91 Å². The summed E-state index contributed by atoms with van der Waals surface area (Å²) in [7, 11) is 0. The first-order valence-electron chi connectivity index (χ1n) is 9.32. The molecule has 0 saturated carbocycles. The molecule has 3 aromatic rings. The first-order valence-corrected chi connectivity index (χ1v) is 9.32. The number of nitrogens with zero attached hydrogens (tertiary/aromatic N) is 1. The molecule has 1 aromatic heterocycles. The molecule has 1 saturated heterocycles. The number of hydrogen-bond donors (Lipinski definition) is 3. The lowest BCUT2D eigenvalue weighted by atomic mass is 9.97. The number of para-hydroxylation sites is 2. The van der Waals surface area contributed by atoms with Crippen LogP contribution in [0.2, 0.25) is 0 Å². The number of hydrogen-bond acceptors (Lipinski definition) is 2. The van der Waals surface area contributed by atoms with E-state index in [9.17, 15) is 4.79 Å². The largest absolute Gasteiger partial charge is 0.342 e. The number of fused-ring (bicyclic) bond motifs is 1. The van der Waals surface area contributed by atoms with Gasteiger partial charge in [-0.2, -0.15) is 0 Å². The second kappa shape index (κ2) is 7.30. The number of rotatable bonds is 4. The Morgan fingerprint density at radius 3 is 3.00 bits per heavy atom. The number of likely N-dealkylation sites (tertiary alicyclic amines) is 1. The molecule has 1 fully saturated rings. The number of carbonyl (C=O) groups excluding carboxylic acids is 1. The predicted molar refractivity (Wildman–Crippen MR) is 103 cm³/mol. The third-order valence-corrected chi connectivity index (χ3v) is 5.12. The number of anilines is 1. The van der Waals surface area contributed by atoms with Gasteiger partial charge in [0.15, 0.2) is 6.54 Å². The number of imidazole rings is 1. The van der Waals surface area contributed by atoms with Gasteiger partial charge in [-0.25, -0.2) is 4.98 Å². The molecule has 0 radical (unpaired) electrons. The lowest BCUT2D eigenvalue weighted by molar-refractivity contribution is -0.898. The summed E-state index contributed by atoms with van der Waals surface area (Å²) in [5.41, 5.74) is 4.14. The van der Waals surface area contributed by atoms with Crippen LogP contribution >= 0.6 is 0 Å². The number of aromatic nitrogens is 2. The molecule has 5 nitrogen and oxygen atoms in total. The highest BCUT2D eigenvalue weighted by molar-refractivity contribution is 5.91. The lowest BCUT2D eigenvalue weighted by Crippen LogP contribution is -3.14. The summed E-state index contributed by atoms with van der Waals surface area (Å²) in [4.78, 5) is 22.0.